The molecule has 0 spiro atoms. The van der Waals surface area contributed by atoms with Gasteiger partial charge in [-0.2, -0.15) is 10.2 Å². The summed E-state index contributed by atoms with van der Waals surface area (Å²) in [5, 5.41) is 12.1. The van der Waals surface area contributed by atoms with Gasteiger partial charge in [-0.3, -0.25) is 4.68 Å². The van der Waals surface area contributed by atoms with Crippen LogP contribution >= 0.6 is 0 Å². The van der Waals surface area contributed by atoms with Crippen molar-refractivity contribution in [1.29, 1.82) is 0 Å². The molecule has 9 heteroatoms. The van der Waals surface area contributed by atoms with Gasteiger partial charge in [-0.05, 0) is 55.4 Å². The molecule has 0 aliphatic heterocycles. The third-order valence-corrected chi connectivity index (χ3v) is 7.02. The number of aromatic nitrogens is 6. The zero-order valence-corrected chi connectivity index (χ0v) is 19.6. The average Bonchev–Trinajstić information content (AvgIpc) is 3.40. The number of allylic oxidation sites excluding steroid dienone is 1. The van der Waals surface area contributed by atoms with Crippen molar-refractivity contribution in [3.05, 3.63) is 66.0 Å². The maximum atomic E-state index is 13.5. The summed E-state index contributed by atoms with van der Waals surface area (Å²) in [7, 11) is 1.90. The van der Waals surface area contributed by atoms with Gasteiger partial charge in [-0.1, -0.05) is 6.08 Å². The lowest BCUT2D eigenvalue weighted by atomic mass is 9.92. The third-order valence-electron chi connectivity index (χ3n) is 7.02. The normalized spacial score (nSPS) is 18.2. The number of nitrogens with one attached hydrogen (secondary N) is 1. The van der Waals surface area contributed by atoms with E-state index in [0.717, 1.165) is 58.3 Å². The molecule has 4 aromatic rings. The fourth-order valence-electron chi connectivity index (χ4n) is 5.10. The van der Waals surface area contributed by atoms with E-state index in [1.807, 2.05) is 42.5 Å². The lowest BCUT2D eigenvalue weighted by Gasteiger charge is -2.28. The van der Waals surface area contributed by atoms with Crippen molar-refractivity contribution in [3.8, 4) is 11.1 Å². The molecule has 2 aliphatic carbocycles. The number of rotatable bonds is 4. The molecular weight excluding hydrogens is 448 g/mol. The maximum absolute atomic E-state index is 13.5. The predicted molar refractivity (Wildman–Crippen MR) is 130 cm³/mol. The fourth-order valence-corrected chi connectivity index (χ4v) is 5.10. The van der Waals surface area contributed by atoms with E-state index in [4.69, 9.17) is 4.98 Å². The Balaban J connectivity index is 1.31. The second-order valence-electron chi connectivity index (χ2n) is 9.54. The van der Waals surface area contributed by atoms with Crippen molar-refractivity contribution in [2.24, 2.45) is 7.05 Å². The Labute approximate surface area is 201 Å². The fraction of sp³-hybridized carbons (Fsp3) is 0.385. The molecule has 0 amide bonds. The topological polar surface area (TPSA) is 72.9 Å². The molecule has 1 N–H and O–H groups in total. The number of fused-ring (bicyclic) bond motifs is 2. The van der Waals surface area contributed by atoms with Crippen LogP contribution in [0.15, 0.2) is 49.2 Å². The van der Waals surface area contributed by atoms with Gasteiger partial charge in [0.1, 0.15) is 0 Å². The first-order valence-electron chi connectivity index (χ1n) is 12.1. The molecule has 0 atom stereocenters. The van der Waals surface area contributed by atoms with Gasteiger partial charge in [-0.15, -0.1) is 0 Å². The lowest BCUT2D eigenvalue weighted by molar-refractivity contribution is -0.0361. The lowest BCUT2D eigenvalue weighted by Crippen LogP contribution is -2.32. The number of nitrogens with zero attached hydrogens (tertiary/aromatic N) is 6. The highest BCUT2D eigenvalue weighted by Gasteiger charge is 2.35. The summed E-state index contributed by atoms with van der Waals surface area (Å²) in [4.78, 5) is 9.40. The largest absolute Gasteiger partial charge is 0.351 e. The van der Waals surface area contributed by atoms with Crippen LogP contribution in [0.25, 0.3) is 22.2 Å². The number of hydrogen-bond donors (Lipinski definition) is 1. The van der Waals surface area contributed by atoms with Gasteiger partial charge >= 0.3 is 0 Å². The highest BCUT2D eigenvalue weighted by atomic mass is 19.3. The first-order chi connectivity index (χ1) is 16.9. The van der Waals surface area contributed by atoms with E-state index in [2.05, 4.69) is 38.7 Å². The third kappa shape index (κ3) is 4.31. The monoisotopic (exact) mass is 475 g/mol. The van der Waals surface area contributed by atoms with E-state index >= 15 is 0 Å². The second-order valence-corrected chi connectivity index (χ2v) is 9.54. The Hall–Kier alpha value is -3.62. The molecule has 0 unspecified atom stereocenters. The van der Waals surface area contributed by atoms with Crippen molar-refractivity contribution in [1.82, 2.24) is 29.4 Å². The minimum absolute atomic E-state index is 0.0105. The Bertz CT molecular complexity index is 1410. The van der Waals surface area contributed by atoms with Gasteiger partial charge in [0.15, 0.2) is 0 Å². The molecule has 0 aromatic carbocycles. The molecule has 6 rings (SSSR count). The van der Waals surface area contributed by atoms with Gasteiger partial charge in [0.2, 0.25) is 11.9 Å². The van der Waals surface area contributed by atoms with Crippen LogP contribution in [0.4, 0.5) is 14.7 Å². The first kappa shape index (κ1) is 21.9. The van der Waals surface area contributed by atoms with Crippen LogP contribution in [-0.4, -0.2) is 41.3 Å². The number of hydrogen-bond acceptors (Lipinski definition) is 5. The van der Waals surface area contributed by atoms with E-state index in [9.17, 15) is 8.78 Å². The summed E-state index contributed by atoms with van der Waals surface area (Å²) in [5.41, 5.74) is 7.28. The molecular formula is C26H27F2N7. The molecule has 0 bridgehead atoms. The summed E-state index contributed by atoms with van der Waals surface area (Å²) in [5.74, 6) is -2.01. The first-order valence-corrected chi connectivity index (χ1v) is 12.1. The number of anilines is 1. The summed E-state index contributed by atoms with van der Waals surface area (Å²) in [6.45, 7) is 0. The quantitative estimate of drug-likeness (QED) is 0.435. The predicted octanol–water partition coefficient (Wildman–Crippen LogP) is 5.28. The van der Waals surface area contributed by atoms with Crippen LogP contribution in [0, 0.1) is 0 Å². The van der Waals surface area contributed by atoms with E-state index in [0.29, 0.717) is 18.8 Å². The van der Waals surface area contributed by atoms with Crippen LogP contribution in [0.1, 0.15) is 55.3 Å². The van der Waals surface area contributed by atoms with E-state index < -0.39 is 5.92 Å². The van der Waals surface area contributed by atoms with Gasteiger partial charge in [0.25, 0.3) is 0 Å². The minimum atomic E-state index is -2.54. The van der Waals surface area contributed by atoms with E-state index in [1.165, 1.54) is 0 Å². The molecule has 2 aliphatic rings. The average molecular weight is 476 g/mol. The summed E-state index contributed by atoms with van der Waals surface area (Å²) in [6, 6.07) is 4.22. The number of alkyl halides is 2. The SMILES string of the molecule is Cn1cc(-c2cnn3ccc(C4=CCCCc5nc(NC6CCC(F)(F)CC6)ncc54)cc23)cn1. The van der Waals surface area contributed by atoms with Crippen molar-refractivity contribution in [3.63, 3.8) is 0 Å². The Morgan fingerprint density at radius 3 is 2.71 bits per heavy atom. The Kier molecular flexibility index (Phi) is 5.35. The molecule has 4 aromatic heterocycles. The van der Waals surface area contributed by atoms with Crippen LogP contribution in [0.3, 0.4) is 0 Å². The molecule has 7 nitrogen and oxygen atoms in total. The smallest absolute Gasteiger partial charge is 0.248 e. The van der Waals surface area contributed by atoms with Crippen molar-refractivity contribution < 1.29 is 8.78 Å². The highest BCUT2D eigenvalue weighted by Crippen LogP contribution is 2.35. The number of halogens is 2. The van der Waals surface area contributed by atoms with E-state index in [1.54, 1.807) is 4.68 Å². The molecule has 0 radical (unpaired) electrons. The van der Waals surface area contributed by atoms with Crippen LogP contribution in [0.2, 0.25) is 0 Å². The standard InChI is InChI=1S/C26H27F2N7/c1-34-16-18(13-30-34)21-15-31-35-11-8-17(12-24(21)35)20-4-2-3-5-23-22(20)14-29-25(33-23)32-19-6-9-26(27,28)10-7-19/h4,8,11-16,19H,2-3,5-7,9-10H2,1H3,(H,29,32,33). The van der Waals surface area contributed by atoms with Crippen molar-refractivity contribution in [2.75, 3.05) is 5.32 Å². The number of aryl methyl sites for hydroxylation is 2. The van der Waals surface area contributed by atoms with Crippen LogP contribution in [-0.2, 0) is 13.5 Å². The summed E-state index contributed by atoms with van der Waals surface area (Å²) < 4.78 is 30.7. The van der Waals surface area contributed by atoms with Gasteiger partial charge < -0.3 is 5.32 Å². The van der Waals surface area contributed by atoms with E-state index in [-0.39, 0.29) is 18.9 Å². The van der Waals surface area contributed by atoms with Crippen molar-refractivity contribution >= 4 is 17.0 Å². The van der Waals surface area contributed by atoms with Crippen LogP contribution in [0.5, 0.6) is 0 Å². The second kappa shape index (κ2) is 8.55. The molecule has 4 heterocycles. The molecule has 35 heavy (non-hydrogen) atoms. The maximum Gasteiger partial charge on any atom is 0.248 e. The summed E-state index contributed by atoms with van der Waals surface area (Å²) >= 11 is 0. The highest BCUT2D eigenvalue weighted by molar-refractivity contribution is 5.86. The van der Waals surface area contributed by atoms with Crippen molar-refractivity contribution in [2.45, 2.75) is 56.9 Å². The molecule has 1 fully saturated rings. The molecule has 0 saturated heterocycles. The molecule has 1 saturated carbocycles. The van der Waals surface area contributed by atoms with Gasteiger partial charge in [0.05, 0.1) is 23.6 Å². The van der Waals surface area contributed by atoms with Gasteiger partial charge in [0, 0.05) is 61.2 Å². The molecule has 180 valence electrons. The zero-order chi connectivity index (χ0) is 24.0. The summed E-state index contributed by atoms with van der Waals surface area (Å²) in [6.07, 6.45) is 15.3. The zero-order valence-electron chi connectivity index (χ0n) is 19.6. The number of pyridine rings is 1. The Morgan fingerprint density at radius 1 is 1.06 bits per heavy atom. The van der Waals surface area contributed by atoms with Crippen LogP contribution < -0.4 is 5.32 Å². The minimum Gasteiger partial charge on any atom is -0.351 e. The Morgan fingerprint density at radius 2 is 1.91 bits per heavy atom. The van der Waals surface area contributed by atoms with Gasteiger partial charge in [-0.25, -0.2) is 23.3 Å².